The van der Waals surface area contributed by atoms with Crippen molar-refractivity contribution in [3.8, 4) is 0 Å². The minimum Gasteiger partial charge on any atom is -0.462 e. The zero-order valence-corrected chi connectivity index (χ0v) is 53.3. The summed E-state index contributed by atoms with van der Waals surface area (Å²) in [5.74, 6) is -0.913. The lowest BCUT2D eigenvalue weighted by molar-refractivity contribution is -0.167. The Hall–Kier alpha value is -3.93. The number of carbonyl (C=O) groups is 3. The van der Waals surface area contributed by atoms with Crippen LogP contribution in [0.4, 0.5) is 0 Å². The predicted octanol–water partition coefficient (Wildman–Crippen LogP) is 23.8. The van der Waals surface area contributed by atoms with Gasteiger partial charge in [0.25, 0.3) is 0 Å². The summed E-state index contributed by atoms with van der Waals surface area (Å²) in [6.45, 7) is 6.52. The summed E-state index contributed by atoms with van der Waals surface area (Å²) in [5.41, 5.74) is 0. The van der Waals surface area contributed by atoms with Crippen molar-refractivity contribution in [2.45, 2.75) is 335 Å². The van der Waals surface area contributed by atoms with Crippen LogP contribution in [0.3, 0.4) is 0 Å². The number of allylic oxidation sites excluding steroid dienone is 18. The second kappa shape index (κ2) is 68.6. The molecule has 0 aromatic carbocycles. The lowest BCUT2D eigenvalue weighted by Gasteiger charge is -2.18. The average molecular weight is 1130 g/mol. The fourth-order valence-corrected chi connectivity index (χ4v) is 9.63. The summed E-state index contributed by atoms with van der Waals surface area (Å²) in [4.78, 5) is 38.4. The first-order valence-electron chi connectivity index (χ1n) is 34.4. The quantitative estimate of drug-likeness (QED) is 0.0261. The molecule has 1 atom stereocenters. The highest BCUT2D eigenvalue weighted by Crippen LogP contribution is 2.17. The summed E-state index contributed by atoms with van der Waals surface area (Å²) in [5, 5.41) is 0. The van der Waals surface area contributed by atoms with E-state index in [0.717, 1.165) is 116 Å². The maximum atomic E-state index is 13.0. The molecule has 0 fully saturated rings. The zero-order chi connectivity index (χ0) is 58.5. The van der Waals surface area contributed by atoms with Crippen LogP contribution >= 0.6 is 0 Å². The minimum absolute atomic E-state index is 0.0886. The van der Waals surface area contributed by atoms with Gasteiger partial charge in [0.15, 0.2) is 6.10 Å². The molecule has 0 amide bonds. The van der Waals surface area contributed by atoms with Gasteiger partial charge in [-0.15, -0.1) is 0 Å². The number of carbonyl (C=O) groups excluding carboxylic acids is 3. The maximum absolute atomic E-state index is 13.0. The van der Waals surface area contributed by atoms with Crippen LogP contribution in [0.1, 0.15) is 329 Å². The predicted molar refractivity (Wildman–Crippen MR) is 353 cm³/mol. The van der Waals surface area contributed by atoms with Gasteiger partial charge in [-0.25, -0.2) is 0 Å². The summed E-state index contributed by atoms with van der Waals surface area (Å²) < 4.78 is 17.0. The largest absolute Gasteiger partial charge is 0.462 e. The molecular weight excluding hydrogens is 997 g/mol. The van der Waals surface area contributed by atoms with E-state index in [-0.39, 0.29) is 31.1 Å². The molecular formula is C75H128O6. The van der Waals surface area contributed by atoms with Crippen molar-refractivity contribution in [3.05, 3.63) is 109 Å². The molecule has 0 heterocycles. The molecule has 0 rings (SSSR count). The third-order valence-corrected chi connectivity index (χ3v) is 14.8. The topological polar surface area (TPSA) is 78.9 Å². The van der Waals surface area contributed by atoms with Crippen LogP contribution in [0.15, 0.2) is 109 Å². The normalized spacial score (nSPS) is 12.8. The number of esters is 3. The van der Waals surface area contributed by atoms with Crippen LogP contribution in [0.25, 0.3) is 0 Å². The Bertz CT molecular complexity index is 1620. The van der Waals surface area contributed by atoms with E-state index in [1.165, 1.54) is 173 Å². The Morgan fingerprint density at radius 2 is 0.481 bits per heavy atom. The van der Waals surface area contributed by atoms with Crippen molar-refractivity contribution in [2.75, 3.05) is 13.2 Å². The van der Waals surface area contributed by atoms with Crippen molar-refractivity contribution in [1.29, 1.82) is 0 Å². The number of hydrogen-bond acceptors (Lipinski definition) is 6. The highest BCUT2D eigenvalue weighted by molar-refractivity contribution is 5.71. The van der Waals surface area contributed by atoms with Gasteiger partial charge >= 0.3 is 17.9 Å². The van der Waals surface area contributed by atoms with Crippen molar-refractivity contribution in [2.24, 2.45) is 0 Å². The summed E-state index contributed by atoms with van der Waals surface area (Å²) >= 11 is 0. The number of rotatable bonds is 62. The molecule has 464 valence electrons. The first kappa shape index (κ1) is 77.1. The van der Waals surface area contributed by atoms with E-state index >= 15 is 0 Å². The second-order valence-electron chi connectivity index (χ2n) is 22.7. The Morgan fingerprint density at radius 3 is 0.765 bits per heavy atom. The third kappa shape index (κ3) is 66.8. The summed E-state index contributed by atoms with van der Waals surface area (Å²) in [6.07, 6.45) is 93.8. The van der Waals surface area contributed by atoms with E-state index in [1.807, 2.05) is 0 Å². The molecule has 1 unspecified atom stereocenters. The van der Waals surface area contributed by atoms with Gasteiger partial charge in [-0.05, 0) is 109 Å². The molecule has 0 aromatic rings. The van der Waals surface area contributed by atoms with E-state index in [1.54, 1.807) is 0 Å². The molecule has 0 radical (unpaired) electrons. The van der Waals surface area contributed by atoms with Crippen LogP contribution in [-0.4, -0.2) is 37.2 Å². The van der Waals surface area contributed by atoms with Gasteiger partial charge in [-0.1, -0.05) is 310 Å². The number of unbranched alkanes of at least 4 members (excludes halogenated alkanes) is 33. The van der Waals surface area contributed by atoms with Gasteiger partial charge in [0.1, 0.15) is 13.2 Å². The van der Waals surface area contributed by atoms with Crippen molar-refractivity contribution < 1.29 is 28.6 Å². The fraction of sp³-hybridized carbons (Fsp3) is 0.720. The van der Waals surface area contributed by atoms with Gasteiger partial charge < -0.3 is 14.2 Å². The summed E-state index contributed by atoms with van der Waals surface area (Å²) in [7, 11) is 0. The minimum atomic E-state index is -0.797. The van der Waals surface area contributed by atoms with E-state index in [2.05, 4.69) is 130 Å². The van der Waals surface area contributed by atoms with Gasteiger partial charge in [0, 0.05) is 19.3 Å². The Morgan fingerprint density at radius 1 is 0.259 bits per heavy atom. The summed E-state index contributed by atoms with van der Waals surface area (Å²) in [6, 6.07) is 0. The first-order chi connectivity index (χ1) is 40.0. The third-order valence-electron chi connectivity index (χ3n) is 14.8. The van der Waals surface area contributed by atoms with E-state index in [9.17, 15) is 14.4 Å². The molecule has 0 aliphatic carbocycles. The molecule has 0 aliphatic rings. The van der Waals surface area contributed by atoms with Crippen LogP contribution in [0, 0.1) is 0 Å². The van der Waals surface area contributed by atoms with E-state index in [4.69, 9.17) is 14.2 Å². The van der Waals surface area contributed by atoms with Gasteiger partial charge in [-0.3, -0.25) is 14.4 Å². The van der Waals surface area contributed by atoms with Crippen LogP contribution in [0.5, 0.6) is 0 Å². The monoisotopic (exact) mass is 1120 g/mol. The first-order valence-corrected chi connectivity index (χ1v) is 34.4. The Kier molecular flexibility index (Phi) is 65.2. The molecule has 0 spiro atoms. The Labute approximate surface area is 501 Å². The lowest BCUT2D eigenvalue weighted by Crippen LogP contribution is -2.30. The fourth-order valence-electron chi connectivity index (χ4n) is 9.63. The molecule has 81 heavy (non-hydrogen) atoms. The SMILES string of the molecule is CC/C=C\C/C=C\C/C=C\C/C=C\C/C=C\C/C=C\C/C=C\CCCCCC(=O)OCC(COC(=O)CCCCCCCCCCCCCCCCCCC)OC(=O)CCCCCCCCCCC/C=C\C/C=C\CCCCCCC. The second-order valence-corrected chi connectivity index (χ2v) is 22.7. The molecule has 0 bridgehead atoms. The maximum Gasteiger partial charge on any atom is 0.306 e. The van der Waals surface area contributed by atoms with Crippen molar-refractivity contribution >= 4 is 17.9 Å². The molecule has 0 saturated heterocycles. The Balaban J connectivity index is 4.44. The van der Waals surface area contributed by atoms with Gasteiger partial charge in [0.2, 0.25) is 0 Å². The highest BCUT2D eigenvalue weighted by atomic mass is 16.6. The average Bonchev–Trinajstić information content (AvgIpc) is 3.47. The van der Waals surface area contributed by atoms with E-state index < -0.39 is 6.10 Å². The molecule has 6 nitrogen and oxygen atoms in total. The molecule has 0 aliphatic heterocycles. The van der Waals surface area contributed by atoms with E-state index in [0.29, 0.717) is 19.3 Å². The van der Waals surface area contributed by atoms with Crippen LogP contribution < -0.4 is 0 Å². The molecule has 0 saturated carbocycles. The number of ether oxygens (including phenoxy) is 3. The lowest BCUT2D eigenvalue weighted by atomic mass is 10.0. The standard InChI is InChI=1S/C75H128O6/c1-4-7-10-13-16-19-22-25-28-31-33-35-36-37-38-40-41-44-47-50-53-56-59-62-65-68-74(77)80-71-72(70-79-73(76)67-64-61-58-55-52-49-46-43-30-27-24-21-18-15-12-9-6-3)81-75(78)69-66-63-60-57-54-51-48-45-42-39-34-32-29-26-23-20-17-14-11-8-5-2/h7,10,16,19,23,25-26,28,32-35,37-38,41,44,50,53,72H,4-6,8-9,11-15,17-18,20-22,24,27,29-31,36,39-40,42-43,45-49,51-52,54-71H2,1-3H3/b10-7-,19-16-,26-23-,28-25-,34-32-,35-33-,38-37-,44-41-,53-50-. The smallest absolute Gasteiger partial charge is 0.306 e. The van der Waals surface area contributed by atoms with Crippen molar-refractivity contribution in [1.82, 2.24) is 0 Å². The highest BCUT2D eigenvalue weighted by Gasteiger charge is 2.19. The molecule has 0 aromatic heterocycles. The van der Waals surface area contributed by atoms with Gasteiger partial charge in [-0.2, -0.15) is 0 Å². The zero-order valence-electron chi connectivity index (χ0n) is 53.3. The van der Waals surface area contributed by atoms with Crippen LogP contribution in [0.2, 0.25) is 0 Å². The number of hydrogen-bond donors (Lipinski definition) is 0. The molecule has 0 N–H and O–H groups in total. The van der Waals surface area contributed by atoms with Gasteiger partial charge in [0.05, 0.1) is 0 Å². The van der Waals surface area contributed by atoms with Crippen molar-refractivity contribution in [3.63, 3.8) is 0 Å². The molecule has 6 heteroatoms. The van der Waals surface area contributed by atoms with Crippen LogP contribution in [-0.2, 0) is 28.6 Å².